The highest BCUT2D eigenvalue weighted by Crippen LogP contribution is 2.44. The second-order valence-electron chi connectivity index (χ2n) is 7.55. The standard InChI is InChI=1S/C21H27FN2O2/c1-2-17-8-9-18(23-17)10-11-25-13-19-20(15-4-3-5-16(22)12-15)24-26-21(19)14-6-7-14/h3-5,12,14,17-18,23H,2,6-11,13H2,1H3/t17?,18-/m0/s1. The number of benzene rings is 1. The number of aromatic nitrogens is 1. The molecule has 1 saturated carbocycles. The number of ether oxygens (including phenoxy) is 1. The Morgan fingerprint density at radius 3 is 2.81 bits per heavy atom. The van der Waals surface area contributed by atoms with Gasteiger partial charge in [-0.05, 0) is 50.7 Å². The average molecular weight is 358 g/mol. The van der Waals surface area contributed by atoms with E-state index in [1.54, 1.807) is 6.07 Å². The van der Waals surface area contributed by atoms with Crippen molar-refractivity contribution in [2.24, 2.45) is 0 Å². The van der Waals surface area contributed by atoms with Gasteiger partial charge in [0.15, 0.2) is 0 Å². The summed E-state index contributed by atoms with van der Waals surface area (Å²) < 4.78 is 25.2. The van der Waals surface area contributed by atoms with E-state index < -0.39 is 0 Å². The number of hydrogen-bond acceptors (Lipinski definition) is 4. The zero-order chi connectivity index (χ0) is 17.9. The molecule has 4 rings (SSSR count). The largest absolute Gasteiger partial charge is 0.376 e. The summed E-state index contributed by atoms with van der Waals surface area (Å²) in [5.41, 5.74) is 2.46. The Hall–Kier alpha value is -1.72. The minimum Gasteiger partial charge on any atom is -0.376 e. The topological polar surface area (TPSA) is 47.3 Å². The molecular weight excluding hydrogens is 331 g/mol. The Morgan fingerprint density at radius 2 is 2.08 bits per heavy atom. The van der Waals surface area contributed by atoms with Gasteiger partial charge in [-0.15, -0.1) is 0 Å². The zero-order valence-corrected chi connectivity index (χ0v) is 15.3. The zero-order valence-electron chi connectivity index (χ0n) is 15.3. The van der Waals surface area contributed by atoms with Gasteiger partial charge in [0, 0.05) is 35.7 Å². The van der Waals surface area contributed by atoms with Gasteiger partial charge in [-0.1, -0.05) is 24.2 Å². The predicted molar refractivity (Wildman–Crippen MR) is 98.4 cm³/mol. The van der Waals surface area contributed by atoms with Crippen LogP contribution in [0, 0.1) is 5.82 Å². The molecule has 1 aromatic carbocycles. The predicted octanol–water partition coefficient (Wildman–Crippen LogP) is 4.80. The summed E-state index contributed by atoms with van der Waals surface area (Å²) in [6.07, 6.45) is 6.99. The minimum atomic E-state index is -0.261. The Morgan fingerprint density at radius 1 is 1.23 bits per heavy atom. The Bertz CT molecular complexity index is 741. The van der Waals surface area contributed by atoms with Crippen molar-refractivity contribution in [2.45, 2.75) is 70.1 Å². The van der Waals surface area contributed by atoms with Crippen LogP contribution < -0.4 is 5.32 Å². The van der Waals surface area contributed by atoms with Crippen LogP contribution in [0.4, 0.5) is 4.39 Å². The van der Waals surface area contributed by atoms with E-state index in [2.05, 4.69) is 17.4 Å². The maximum absolute atomic E-state index is 13.6. The molecule has 0 radical (unpaired) electrons. The molecule has 2 aliphatic rings. The van der Waals surface area contributed by atoms with Crippen molar-refractivity contribution < 1.29 is 13.7 Å². The van der Waals surface area contributed by atoms with E-state index >= 15 is 0 Å². The van der Waals surface area contributed by atoms with Gasteiger partial charge in [-0.3, -0.25) is 0 Å². The normalized spacial score (nSPS) is 22.8. The summed E-state index contributed by atoms with van der Waals surface area (Å²) in [5, 5.41) is 7.90. The molecule has 1 aliphatic heterocycles. The fraction of sp³-hybridized carbons (Fsp3) is 0.571. The van der Waals surface area contributed by atoms with Gasteiger partial charge >= 0.3 is 0 Å². The fourth-order valence-corrected chi connectivity index (χ4v) is 3.84. The molecule has 140 valence electrons. The van der Waals surface area contributed by atoms with Crippen LogP contribution in [0.25, 0.3) is 11.3 Å². The van der Waals surface area contributed by atoms with Crippen LogP contribution in [0.2, 0.25) is 0 Å². The molecule has 2 aromatic rings. The van der Waals surface area contributed by atoms with Crippen molar-refractivity contribution in [3.63, 3.8) is 0 Å². The maximum Gasteiger partial charge on any atom is 0.145 e. The Labute approximate surface area is 154 Å². The SMILES string of the molecule is CCC1CC[C@@H](CCOCc2c(-c3cccc(F)c3)noc2C2CC2)N1. The van der Waals surface area contributed by atoms with Crippen LogP contribution in [0.15, 0.2) is 28.8 Å². The van der Waals surface area contributed by atoms with E-state index in [4.69, 9.17) is 9.26 Å². The molecule has 1 aromatic heterocycles. The highest BCUT2D eigenvalue weighted by molar-refractivity contribution is 5.63. The number of rotatable bonds is 8. The van der Waals surface area contributed by atoms with Crippen molar-refractivity contribution in [3.8, 4) is 11.3 Å². The van der Waals surface area contributed by atoms with Gasteiger partial charge in [0.2, 0.25) is 0 Å². The van der Waals surface area contributed by atoms with E-state index in [1.165, 1.54) is 31.4 Å². The number of hydrogen-bond donors (Lipinski definition) is 1. The highest BCUT2D eigenvalue weighted by Gasteiger charge is 2.32. The molecule has 0 bridgehead atoms. The second-order valence-corrected chi connectivity index (χ2v) is 7.55. The van der Waals surface area contributed by atoms with Crippen LogP contribution in [0.5, 0.6) is 0 Å². The molecular formula is C21H27FN2O2. The fourth-order valence-electron chi connectivity index (χ4n) is 3.84. The third-order valence-corrected chi connectivity index (χ3v) is 5.55. The number of nitrogens with zero attached hydrogens (tertiary/aromatic N) is 1. The summed E-state index contributed by atoms with van der Waals surface area (Å²) in [4.78, 5) is 0. The van der Waals surface area contributed by atoms with Crippen molar-refractivity contribution >= 4 is 0 Å². The number of halogens is 1. The smallest absolute Gasteiger partial charge is 0.145 e. The third kappa shape index (κ3) is 3.99. The van der Waals surface area contributed by atoms with Crippen molar-refractivity contribution in [3.05, 3.63) is 41.4 Å². The molecule has 0 amide bonds. The lowest BCUT2D eigenvalue weighted by molar-refractivity contribution is 0.111. The third-order valence-electron chi connectivity index (χ3n) is 5.55. The monoisotopic (exact) mass is 358 g/mol. The van der Waals surface area contributed by atoms with Crippen LogP contribution in [0.1, 0.15) is 62.7 Å². The summed E-state index contributed by atoms with van der Waals surface area (Å²) in [7, 11) is 0. The van der Waals surface area contributed by atoms with Crippen molar-refractivity contribution in [2.75, 3.05) is 6.61 Å². The van der Waals surface area contributed by atoms with Crippen molar-refractivity contribution in [1.29, 1.82) is 0 Å². The molecule has 2 heterocycles. The van der Waals surface area contributed by atoms with E-state index in [-0.39, 0.29) is 5.82 Å². The summed E-state index contributed by atoms with van der Waals surface area (Å²) in [5.74, 6) is 1.11. The average Bonchev–Trinajstić information content (AvgIpc) is 3.24. The highest BCUT2D eigenvalue weighted by atomic mass is 19.1. The molecule has 2 atom stereocenters. The van der Waals surface area contributed by atoms with E-state index in [1.807, 2.05) is 6.07 Å². The molecule has 4 nitrogen and oxygen atoms in total. The first-order valence-electron chi connectivity index (χ1n) is 9.82. The molecule has 2 fully saturated rings. The number of nitrogens with one attached hydrogen (secondary N) is 1. The summed E-state index contributed by atoms with van der Waals surface area (Å²) in [6, 6.07) is 7.75. The van der Waals surface area contributed by atoms with Crippen LogP contribution >= 0.6 is 0 Å². The van der Waals surface area contributed by atoms with Gasteiger partial charge in [0.05, 0.1) is 6.61 Å². The molecule has 26 heavy (non-hydrogen) atoms. The Balaban J connectivity index is 1.40. The lowest BCUT2D eigenvalue weighted by atomic mass is 10.0. The van der Waals surface area contributed by atoms with Crippen LogP contribution in [-0.2, 0) is 11.3 Å². The molecule has 1 N–H and O–H groups in total. The molecule has 1 aliphatic carbocycles. The van der Waals surface area contributed by atoms with Gasteiger partial charge in [0.1, 0.15) is 17.3 Å². The summed E-state index contributed by atoms with van der Waals surface area (Å²) in [6.45, 7) is 3.42. The lowest BCUT2D eigenvalue weighted by Crippen LogP contribution is -2.29. The van der Waals surface area contributed by atoms with E-state index in [0.717, 1.165) is 41.8 Å². The van der Waals surface area contributed by atoms with E-state index in [9.17, 15) is 4.39 Å². The summed E-state index contributed by atoms with van der Waals surface area (Å²) >= 11 is 0. The minimum absolute atomic E-state index is 0.261. The second kappa shape index (κ2) is 7.89. The molecule has 0 spiro atoms. The van der Waals surface area contributed by atoms with E-state index in [0.29, 0.717) is 31.2 Å². The first-order chi connectivity index (χ1) is 12.7. The van der Waals surface area contributed by atoms with Gasteiger partial charge in [-0.25, -0.2) is 4.39 Å². The van der Waals surface area contributed by atoms with Gasteiger partial charge in [0.25, 0.3) is 0 Å². The first-order valence-corrected chi connectivity index (χ1v) is 9.82. The van der Waals surface area contributed by atoms with Gasteiger partial charge in [-0.2, -0.15) is 0 Å². The quantitative estimate of drug-likeness (QED) is 0.689. The van der Waals surface area contributed by atoms with Crippen molar-refractivity contribution in [1.82, 2.24) is 10.5 Å². The molecule has 5 heteroatoms. The molecule has 1 saturated heterocycles. The van der Waals surface area contributed by atoms with Gasteiger partial charge < -0.3 is 14.6 Å². The van der Waals surface area contributed by atoms with Crippen LogP contribution in [0.3, 0.4) is 0 Å². The lowest BCUT2D eigenvalue weighted by Gasteiger charge is -2.13. The first kappa shape index (κ1) is 17.7. The maximum atomic E-state index is 13.6. The Kier molecular flexibility index (Phi) is 5.36. The molecule has 1 unspecified atom stereocenters. The van der Waals surface area contributed by atoms with Crippen LogP contribution in [-0.4, -0.2) is 23.8 Å².